The van der Waals surface area contributed by atoms with Crippen LogP contribution in [0.5, 0.6) is 0 Å². The Bertz CT molecular complexity index is 354. The molecule has 1 aliphatic carbocycles. The molecule has 0 bridgehead atoms. The quantitative estimate of drug-likeness (QED) is 0.546. The number of carbonyl (C=O) groups excluding carboxylic acids is 1. The number of ether oxygens (including phenoxy) is 2. The van der Waals surface area contributed by atoms with E-state index in [0.717, 1.165) is 0 Å². The van der Waals surface area contributed by atoms with Gasteiger partial charge in [0.1, 0.15) is 17.5 Å². The zero-order valence-electron chi connectivity index (χ0n) is 7.30. The van der Waals surface area contributed by atoms with Crippen molar-refractivity contribution in [3.05, 3.63) is 0 Å². The highest BCUT2D eigenvalue weighted by molar-refractivity contribution is 7.87. The van der Waals surface area contributed by atoms with Gasteiger partial charge in [-0.15, -0.1) is 0 Å². The van der Waals surface area contributed by atoms with E-state index in [4.69, 9.17) is 9.29 Å². The average molecular weight is 222 g/mol. The molecule has 6 nitrogen and oxygen atoms in total. The summed E-state index contributed by atoms with van der Waals surface area (Å²) in [6.07, 6.45) is -0.370. The van der Waals surface area contributed by atoms with Crippen molar-refractivity contribution in [1.29, 1.82) is 0 Å². The van der Waals surface area contributed by atoms with Crippen LogP contribution in [0.2, 0.25) is 0 Å². The summed E-state index contributed by atoms with van der Waals surface area (Å²) in [6.45, 7) is 0.0656. The molecule has 2 rings (SSSR count). The zero-order chi connectivity index (χ0) is 10.4. The summed E-state index contributed by atoms with van der Waals surface area (Å²) < 4.78 is 39.0. The number of cyclic esters (lactones) is 2. The van der Waals surface area contributed by atoms with Crippen LogP contribution in [0.3, 0.4) is 0 Å². The summed E-state index contributed by atoms with van der Waals surface area (Å²) in [4.78, 5) is 10.6. The number of rotatable bonds is 3. The molecule has 1 heterocycles. The molecule has 0 radical (unpaired) electrons. The molecule has 0 aromatic rings. The summed E-state index contributed by atoms with van der Waals surface area (Å²) in [7, 11) is -4.04. The van der Waals surface area contributed by atoms with Gasteiger partial charge in [-0.2, -0.15) is 8.42 Å². The van der Waals surface area contributed by atoms with Gasteiger partial charge in [0.05, 0.1) is 0 Å². The fourth-order valence-electron chi connectivity index (χ4n) is 1.59. The minimum atomic E-state index is -4.04. The maximum atomic E-state index is 11.0. The molecule has 0 aromatic heterocycles. The van der Waals surface area contributed by atoms with Gasteiger partial charge in [-0.1, -0.05) is 0 Å². The summed E-state index contributed by atoms with van der Waals surface area (Å²) in [6, 6.07) is 0. The molecule has 14 heavy (non-hydrogen) atoms. The molecule has 0 aromatic carbocycles. The topological polar surface area (TPSA) is 89.9 Å². The normalized spacial score (nSPS) is 29.5. The van der Waals surface area contributed by atoms with Crippen molar-refractivity contribution in [2.75, 3.05) is 6.61 Å². The second-order valence-electron chi connectivity index (χ2n) is 3.66. The van der Waals surface area contributed by atoms with Crippen LogP contribution in [0, 0.1) is 0 Å². The highest BCUT2D eigenvalue weighted by Crippen LogP contribution is 2.47. The van der Waals surface area contributed by atoms with Crippen LogP contribution in [0.1, 0.15) is 19.3 Å². The van der Waals surface area contributed by atoms with Crippen LogP contribution in [-0.2, 0) is 19.6 Å². The second-order valence-corrected chi connectivity index (χ2v) is 5.48. The van der Waals surface area contributed by atoms with Gasteiger partial charge in [0.25, 0.3) is 10.1 Å². The molecule has 1 N–H and O–H groups in total. The molecule has 1 atom stereocenters. The Morgan fingerprint density at radius 3 is 2.50 bits per heavy atom. The first kappa shape index (κ1) is 9.72. The number of hydrogen-bond acceptors (Lipinski definition) is 5. The van der Waals surface area contributed by atoms with E-state index in [1.165, 1.54) is 0 Å². The van der Waals surface area contributed by atoms with Gasteiger partial charge in [0.2, 0.25) is 0 Å². The predicted octanol–water partition coefficient (Wildman–Crippen LogP) is 0.332. The number of carbonyl (C=O) groups is 1. The van der Waals surface area contributed by atoms with Gasteiger partial charge in [0, 0.05) is 6.42 Å². The molecular weight excluding hydrogens is 212 g/mol. The van der Waals surface area contributed by atoms with Crippen LogP contribution in [0.15, 0.2) is 0 Å². The smallest absolute Gasteiger partial charge is 0.430 e. The first-order valence-electron chi connectivity index (χ1n) is 4.23. The van der Waals surface area contributed by atoms with Gasteiger partial charge >= 0.3 is 6.16 Å². The third-order valence-electron chi connectivity index (χ3n) is 2.60. The maximum Gasteiger partial charge on any atom is 0.508 e. The molecule has 1 saturated heterocycles. The van der Waals surface area contributed by atoms with Gasteiger partial charge in [-0.25, -0.2) is 4.79 Å². The van der Waals surface area contributed by atoms with E-state index < -0.39 is 27.1 Å². The summed E-state index contributed by atoms with van der Waals surface area (Å²) in [5.74, 6) is 0. The van der Waals surface area contributed by atoms with E-state index >= 15 is 0 Å². The van der Waals surface area contributed by atoms with E-state index in [1.54, 1.807) is 0 Å². The molecule has 1 saturated carbocycles. The second kappa shape index (κ2) is 2.83. The largest absolute Gasteiger partial charge is 0.508 e. The van der Waals surface area contributed by atoms with Crippen LogP contribution < -0.4 is 0 Å². The predicted molar refractivity (Wildman–Crippen MR) is 44.4 cm³/mol. The molecule has 0 spiro atoms. The third kappa shape index (κ3) is 1.57. The van der Waals surface area contributed by atoms with Crippen LogP contribution in [-0.4, -0.2) is 36.6 Å². The van der Waals surface area contributed by atoms with Crippen molar-refractivity contribution in [2.45, 2.75) is 30.1 Å². The van der Waals surface area contributed by atoms with Crippen molar-refractivity contribution < 1.29 is 27.2 Å². The fraction of sp³-hybridized carbons (Fsp3) is 0.857. The van der Waals surface area contributed by atoms with Crippen molar-refractivity contribution in [3.8, 4) is 0 Å². The highest BCUT2D eigenvalue weighted by atomic mass is 32.2. The third-order valence-corrected chi connectivity index (χ3v) is 4.27. The van der Waals surface area contributed by atoms with Gasteiger partial charge in [0.15, 0.2) is 0 Å². The van der Waals surface area contributed by atoms with Crippen LogP contribution >= 0.6 is 0 Å². The van der Waals surface area contributed by atoms with Gasteiger partial charge < -0.3 is 9.47 Å². The molecular formula is C7H10O6S. The lowest BCUT2D eigenvalue weighted by atomic mass is 10.2. The molecule has 7 heteroatoms. The zero-order valence-corrected chi connectivity index (χ0v) is 8.12. The highest BCUT2D eigenvalue weighted by Gasteiger charge is 2.56. The van der Waals surface area contributed by atoms with Crippen molar-refractivity contribution in [2.24, 2.45) is 0 Å². The Balaban J connectivity index is 2.02. The SMILES string of the molecule is O=C1OCC(CC2(S(=O)(=O)O)CC2)O1. The first-order valence-corrected chi connectivity index (χ1v) is 5.67. The molecule has 1 aliphatic heterocycles. The first-order chi connectivity index (χ1) is 6.43. The lowest BCUT2D eigenvalue weighted by molar-refractivity contribution is 0.115. The Labute approximate surface area is 80.9 Å². The van der Waals surface area contributed by atoms with Crippen LogP contribution in [0.25, 0.3) is 0 Å². The molecule has 2 fully saturated rings. The van der Waals surface area contributed by atoms with E-state index in [0.29, 0.717) is 12.8 Å². The summed E-state index contributed by atoms with van der Waals surface area (Å²) in [5, 5.41) is 0. The molecule has 80 valence electrons. The summed E-state index contributed by atoms with van der Waals surface area (Å²) in [5.41, 5.74) is 0. The maximum absolute atomic E-state index is 11.0. The van der Waals surface area contributed by atoms with Crippen molar-refractivity contribution in [3.63, 3.8) is 0 Å². The Morgan fingerprint density at radius 1 is 1.50 bits per heavy atom. The molecule has 0 amide bonds. The van der Waals surface area contributed by atoms with Gasteiger partial charge in [-0.05, 0) is 12.8 Å². The van der Waals surface area contributed by atoms with E-state index in [-0.39, 0.29) is 13.0 Å². The molecule has 2 aliphatic rings. The number of hydrogen-bond donors (Lipinski definition) is 1. The minimum Gasteiger partial charge on any atom is -0.430 e. The minimum absolute atomic E-state index is 0.0656. The average Bonchev–Trinajstić information content (AvgIpc) is 2.71. The summed E-state index contributed by atoms with van der Waals surface area (Å²) >= 11 is 0. The van der Waals surface area contributed by atoms with Crippen molar-refractivity contribution in [1.82, 2.24) is 0 Å². The fourth-order valence-corrected chi connectivity index (χ4v) is 2.60. The van der Waals surface area contributed by atoms with E-state index in [9.17, 15) is 13.2 Å². The lowest BCUT2D eigenvalue weighted by Crippen LogP contribution is -2.28. The molecule has 1 unspecified atom stereocenters. The Hall–Kier alpha value is -0.820. The Morgan fingerprint density at radius 2 is 2.14 bits per heavy atom. The van der Waals surface area contributed by atoms with Gasteiger partial charge in [-0.3, -0.25) is 4.55 Å². The lowest BCUT2D eigenvalue weighted by Gasteiger charge is -2.13. The Kier molecular flexibility index (Phi) is 1.97. The monoisotopic (exact) mass is 222 g/mol. The van der Waals surface area contributed by atoms with E-state index in [2.05, 4.69) is 4.74 Å². The van der Waals surface area contributed by atoms with Crippen molar-refractivity contribution >= 4 is 16.3 Å². The van der Waals surface area contributed by atoms with Crippen LogP contribution in [0.4, 0.5) is 4.79 Å². The van der Waals surface area contributed by atoms with E-state index in [1.807, 2.05) is 0 Å². The standard InChI is InChI=1S/C7H10O6S/c8-6-12-4-5(13-6)3-7(1-2-7)14(9,10)11/h5H,1-4H2,(H,9,10,11).